The maximum Gasteiger partial charge on any atom is 0.265 e. The fourth-order valence-electron chi connectivity index (χ4n) is 3.02. The Morgan fingerprint density at radius 3 is 2.67 bits per heavy atom. The molecule has 1 heterocycles. The summed E-state index contributed by atoms with van der Waals surface area (Å²) in [5.41, 5.74) is 1.65. The van der Waals surface area contributed by atoms with Crippen molar-refractivity contribution in [3.05, 3.63) is 59.0 Å². The molecular weight excluding hydrogens is 400 g/mol. The number of carbonyl (C=O) groups is 2. The van der Waals surface area contributed by atoms with Crippen molar-refractivity contribution >= 4 is 35.3 Å². The molecule has 0 spiro atoms. The van der Waals surface area contributed by atoms with Gasteiger partial charge in [0.2, 0.25) is 5.91 Å². The molecule has 1 aliphatic heterocycles. The zero-order valence-corrected chi connectivity index (χ0v) is 18.0. The lowest BCUT2D eigenvalue weighted by molar-refractivity contribution is -0.122. The van der Waals surface area contributed by atoms with Gasteiger partial charge in [-0.1, -0.05) is 36.0 Å². The Morgan fingerprint density at radius 1 is 1.17 bits per heavy atom. The summed E-state index contributed by atoms with van der Waals surface area (Å²) in [6.45, 7) is 3.70. The molecule has 0 fully saturated rings. The highest BCUT2D eigenvalue weighted by atomic mass is 32.2. The average molecular weight is 427 g/mol. The van der Waals surface area contributed by atoms with Gasteiger partial charge in [0.15, 0.2) is 0 Å². The van der Waals surface area contributed by atoms with E-state index in [-0.39, 0.29) is 18.4 Å². The van der Waals surface area contributed by atoms with E-state index in [0.29, 0.717) is 24.7 Å². The smallest absolute Gasteiger partial charge is 0.265 e. The van der Waals surface area contributed by atoms with Crippen molar-refractivity contribution in [2.45, 2.75) is 18.2 Å². The summed E-state index contributed by atoms with van der Waals surface area (Å²) < 4.78 is 10.5. The summed E-state index contributed by atoms with van der Waals surface area (Å²) in [5.74, 6) is 0.386. The Hall–Kier alpha value is -2.77. The highest BCUT2D eigenvalue weighted by Crippen LogP contribution is 2.41. The highest BCUT2D eigenvalue weighted by Gasteiger charge is 2.30. The van der Waals surface area contributed by atoms with Crippen LogP contribution in [0.4, 0.5) is 5.69 Å². The van der Waals surface area contributed by atoms with Crippen LogP contribution < -0.4 is 15.0 Å². The molecule has 6 nitrogen and oxygen atoms in total. The van der Waals surface area contributed by atoms with E-state index in [1.165, 1.54) is 11.8 Å². The minimum Gasteiger partial charge on any atom is -0.497 e. The van der Waals surface area contributed by atoms with Gasteiger partial charge in [-0.3, -0.25) is 14.5 Å². The van der Waals surface area contributed by atoms with Crippen molar-refractivity contribution in [2.75, 3.05) is 38.3 Å². The molecule has 7 heteroatoms. The zero-order chi connectivity index (χ0) is 21.3. The third-order valence-corrected chi connectivity index (χ3v) is 5.62. The van der Waals surface area contributed by atoms with Gasteiger partial charge < -0.3 is 14.8 Å². The van der Waals surface area contributed by atoms with Crippen LogP contribution in [0.1, 0.15) is 18.9 Å². The number of fused-ring (bicyclic) bond motifs is 1. The Morgan fingerprint density at radius 2 is 1.93 bits per heavy atom. The van der Waals surface area contributed by atoms with Gasteiger partial charge >= 0.3 is 0 Å². The van der Waals surface area contributed by atoms with Crippen LogP contribution in [0.25, 0.3) is 6.08 Å². The number of rotatable bonds is 9. The van der Waals surface area contributed by atoms with Crippen molar-refractivity contribution in [3.63, 3.8) is 0 Å². The first kappa shape index (κ1) is 21.9. The molecule has 0 saturated carbocycles. The van der Waals surface area contributed by atoms with E-state index >= 15 is 0 Å². The molecule has 0 aromatic heterocycles. The number of carbonyl (C=O) groups excluding carboxylic acids is 2. The molecule has 1 N–H and O–H groups in total. The highest BCUT2D eigenvalue weighted by molar-refractivity contribution is 8.04. The van der Waals surface area contributed by atoms with Gasteiger partial charge in [-0.15, -0.1) is 0 Å². The zero-order valence-electron chi connectivity index (χ0n) is 17.2. The molecule has 0 aliphatic carbocycles. The first-order valence-electron chi connectivity index (χ1n) is 9.91. The third kappa shape index (κ3) is 5.64. The van der Waals surface area contributed by atoms with E-state index in [9.17, 15) is 9.59 Å². The number of amides is 2. The topological polar surface area (TPSA) is 67.9 Å². The maximum atomic E-state index is 13.2. The second-order valence-electron chi connectivity index (χ2n) is 6.64. The fraction of sp³-hybridized carbons (Fsp3) is 0.304. The maximum absolute atomic E-state index is 13.2. The van der Waals surface area contributed by atoms with Gasteiger partial charge in [0, 0.05) is 24.7 Å². The van der Waals surface area contributed by atoms with Crippen LogP contribution in [-0.2, 0) is 14.3 Å². The molecule has 0 radical (unpaired) electrons. The number of hydrogen-bond acceptors (Lipinski definition) is 5. The van der Waals surface area contributed by atoms with Crippen LogP contribution in [0.5, 0.6) is 5.75 Å². The first-order chi connectivity index (χ1) is 14.6. The number of para-hydroxylation sites is 1. The molecule has 30 heavy (non-hydrogen) atoms. The van der Waals surface area contributed by atoms with Gasteiger partial charge in [0.05, 0.1) is 17.7 Å². The molecule has 0 saturated heterocycles. The summed E-state index contributed by atoms with van der Waals surface area (Å²) in [4.78, 5) is 28.7. The molecule has 3 rings (SSSR count). The van der Waals surface area contributed by atoms with E-state index in [2.05, 4.69) is 5.32 Å². The number of methoxy groups -OCH3 is 1. The summed E-state index contributed by atoms with van der Waals surface area (Å²) in [5, 5.41) is 2.86. The molecule has 2 aromatic rings. The van der Waals surface area contributed by atoms with Gasteiger partial charge in [-0.05, 0) is 49.2 Å². The lowest BCUT2D eigenvalue weighted by Crippen LogP contribution is -2.43. The molecule has 2 amide bonds. The van der Waals surface area contributed by atoms with E-state index in [1.54, 1.807) is 12.0 Å². The molecule has 0 atom stereocenters. The van der Waals surface area contributed by atoms with Crippen molar-refractivity contribution in [2.24, 2.45) is 0 Å². The van der Waals surface area contributed by atoms with E-state index < -0.39 is 0 Å². The summed E-state index contributed by atoms with van der Waals surface area (Å²) in [7, 11) is 1.62. The quantitative estimate of drug-likeness (QED) is 0.489. The lowest BCUT2D eigenvalue weighted by atomic mass is 10.2. The Bertz CT molecular complexity index is 912. The average Bonchev–Trinajstić information content (AvgIpc) is 2.77. The second kappa shape index (κ2) is 10.8. The van der Waals surface area contributed by atoms with E-state index in [4.69, 9.17) is 9.47 Å². The second-order valence-corrected chi connectivity index (χ2v) is 7.73. The van der Waals surface area contributed by atoms with E-state index in [1.807, 2.05) is 61.5 Å². The minimum atomic E-state index is -0.189. The Kier molecular flexibility index (Phi) is 7.93. The van der Waals surface area contributed by atoms with Crippen LogP contribution >= 0.6 is 11.8 Å². The number of thioether (sulfide) groups is 1. The number of nitrogens with zero attached hydrogens (tertiary/aromatic N) is 1. The van der Waals surface area contributed by atoms with Gasteiger partial charge in [-0.25, -0.2) is 0 Å². The molecule has 0 unspecified atom stereocenters. The lowest BCUT2D eigenvalue weighted by Gasteiger charge is -2.29. The predicted molar refractivity (Wildman–Crippen MR) is 120 cm³/mol. The SMILES string of the molecule is CCOCCCNC(=O)CN1C(=O)/C(=C/c2ccc(OC)cc2)Sc2ccccc21. The first-order valence-corrected chi connectivity index (χ1v) is 10.7. The molecule has 158 valence electrons. The van der Waals surface area contributed by atoms with Crippen LogP contribution in [0, 0.1) is 0 Å². The van der Waals surface area contributed by atoms with Gasteiger partial charge in [-0.2, -0.15) is 0 Å². The summed E-state index contributed by atoms with van der Waals surface area (Å²) >= 11 is 1.42. The van der Waals surface area contributed by atoms with Gasteiger partial charge in [0.1, 0.15) is 12.3 Å². The van der Waals surface area contributed by atoms with Crippen molar-refractivity contribution in [3.8, 4) is 5.75 Å². The minimum absolute atomic E-state index is 0.0228. The van der Waals surface area contributed by atoms with Crippen molar-refractivity contribution in [1.82, 2.24) is 5.32 Å². The van der Waals surface area contributed by atoms with Crippen LogP contribution in [0.2, 0.25) is 0 Å². The largest absolute Gasteiger partial charge is 0.497 e. The van der Waals surface area contributed by atoms with Crippen LogP contribution in [0.15, 0.2) is 58.3 Å². The summed E-state index contributed by atoms with van der Waals surface area (Å²) in [6, 6.07) is 15.1. The van der Waals surface area contributed by atoms with Crippen LogP contribution in [0.3, 0.4) is 0 Å². The Balaban J connectivity index is 1.75. The number of benzene rings is 2. The van der Waals surface area contributed by atoms with Crippen LogP contribution in [-0.4, -0.2) is 45.2 Å². The monoisotopic (exact) mass is 426 g/mol. The molecule has 1 aliphatic rings. The third-order valence-electron chi connectivity index (χ3n) is 4.54. The van der Waals surface area contributed by atoms with Crippen molar-refractivity contribution in [1.29, 1.82) is 0 Å². The normalized spacial score (nSPS) is 14.5. The number of anilines is 1. The molecule has 0 bridgehead atoms. The van der Waals surface area contributed by atoms with E-state index in [0.717, 1.165) is 28.3 Å². The number of nitrogens with one attached hydrogen (secondary N) is 1. The van der Waals surface area contributed by atoms with Gasteiger partial charge in [0.25, 0.3) is 5.91 Å². The predicted octanol–water partition coefficient (Wildman–Crippen LogP) is 3.72. The van der Waals surface area contributed by atoms with Crippen molar-refractivity contribution < 1.29 is 19.1 Å². The summed E-state index contributed by atoms with van der Waals surface area (Å²) in [6.07, 6.45) is 2.58. The molecular formula is C23H26N2O4S. The fourth-order valence-corrected chi connectivity index (χ4v) is 4.08. The molecule has 2 aromatic carbocycles. The number of ether oxygens (including phenoxy) is 2. The standard InChI is InChI=1S/C23H26N2O4S/c1-3-29-14-6-13-24-22(26)16-25-19-7-4-5-8-20(19)30-21(23(25)27)15-17-9-11-18(28-2)12-10-17/h4-5,7-12,15H,3,6,13-14,16H2,1-2H3,(H,24,26)/b21-15-. The Labute approximate surface area is 181 Å². The number of hydrogen-bond donors (Lipinski definition) is 1.